The van der Waals surface area contributed by atoms with Crippen LogP contribution in [-0.2, 0) is 10.3 Å². The predicted octanol–water partition coefficient (Wildman–Crippen LogP) is 1.27. The van der Waals surface area contributed by atoms with Crippen molar-refractivity contribution in [1.29, 1.82) is 0 Å². The molecule has 18 heavy (non-hydrogen) atoms. The quantitative estimate of drug-likeness (QED) is 0.865. The van der Waals surface area contributed by atoms with E-state index in [1.54, 1.807) is 11.3 Å². The molecule has 0 bridgehead atoms. The van der Waals surface area contributed by atoms with Crippen LogP contribution in [0.15, 0.2) is 5.38 Å². The summed E-state index contributed by atoms with van der Waals surface area (Å²) in [5.41, 5.74) is 0.658. The van der Waals surface area contributed by atoms with Crippen molar-refractivity contribution in [2.24, 2.45) is 17.8 Å². The van der Waals surface area contributed by atoms with E-state index in [1.807, 2.05) is 26.2 Å². The number of carbonyl (C=O) groups excluding carboxylic acids is 1. The van der Waals surface area contributed by atoms with E-state index < -0.39 is 0 Å². The normalized spacial score (nSPS) is 30.1. The number of nitrogens with one attached hydrogen (secondary N) is 2. The Balaban J connectivity index is 1.67. The maximum absolute atomic E-state index is 12.3. The summed E-state index contributed by atoms with van der Waals surface area (Å²) in [6, 6.07) is 0. The Morgan fingerprint density at radius 2 is 2.17 bits per heavy atom. The Labute approximate surface area is 111 Å². The molecule has 1 aromatic heterocycles. The number of carbonyl (C=O) groups is 1. The molecule has 0 unspecified atom stereocenters. The number of aromatic nitrogens is 1. The molecule has 3 atom stereocenters. The summed E-state index contributed by atoms with van der Waals surface area (Å²) < 4.78 is 0. The molecule has 2 N–H and O–H groups in total. The molecule has 0 aromatic carbocycles. The van der Waals surface area contributed by atoms with Crippen LogP contribution in [-0.4, -0.2) is 24.0 Å². The first-order chi connectivity index (χ1) is 8.49. The second kappa shape index (κ2) is 4.03. The van der Waals surface area contributed by atoms with Crippen molar-refractivity contribution in [2.45, 2.75) is 26.3 Å². The Kier molecular flexibility index (Phi) is 2.71. The molecule has 5 heteroatoms. The zero-order chi connectivity index (χ0) is 12.9. The van der Waals surface area contributed by atoms with E-state index in [0.717, 1.165) is 23.8 Å². The minimum absolute atomic E-state index is 0.198. The Bertz CT molecular complexity index is 472. The first-order valence-electron chi connectivity index (χ1n) is 6.44. The zero-order valence-electron chi connectivity index (χ0n) is 11.0. The molecule has 4 nitrogen and oxygen atoms in total. The van der Waals surface area contributed by atoms with Gasteiger partial charge in [-0.2, -0.15) is 0 Å². The van der Waals surface area contributed by atoms with E-state index in [1.165, 1.54) is 0 Å². The summed E-state index contributed by atoms with van der Waals surface area (Å²) in [5.74, 6) is 1.56. The third-order valence-electron chi connectivity index (χ3n) is 3.98. The summed E-state index contributed by atoms with van der Waals surface area (Å²) >= 11 is 1.61. The lowest BCUT2D eigenvalue weighted by Crippen LogP contribution is -2.43. The lowest BCUT2D eigenvalue weighted by Gasteiger charge is -2.24. The van der Waals surface area contributed by atoms with Crippen molar-refractivity contribution in [2.75, 3.05) is 13.1 Å². The third kappa shape index (κ3) is 1.95. The largest absolute Gasteiger partial charge is 0.344 e. The molecule has 98 valence electrons. The summed E-state index contributed by atoms with van der Waals surface area (Å²) in [6.45, 7) is 8.03. The second-order valence-corrected chi connectivity index (χ2v) is 6.78. The summed E-state index contributed by atoms with van der Waals surface area (Å²) in [5, 5.41) is 9.48. The van der Waals surface area contributed by atoms with E-state index in [4.69, 9.17) is 0 Å². The van der Waals surface area contributed by atoms with Crippen molar-refractivity contribution in [3.8, 4) is 0 Å². The molecule has 1 saturated heterocycles. The predicted molar refractivity (Wildman–Crippen MR) is 71.4 cm³/mol. The van der Waals surface area contributed by atoms with Crippen LogP contribution < -0.4 is 10.6 Å². The molecule has 2 heterocycles. The van der Waals surface area contributed by atoms with E-state index in [-0.39, 0.29) is 17.4 Å². The van der Waals surface area contributed by atoms with Crippen LogP contribution in [0.5, 0.6) is 0 Å². The Morgan fingerprint density at radius 1 is 1.50 bits per heavy atom. The van der Waals surface area contributed by atoms with Crippen LogP contribution >= 0.6 is 11.3 Å². The Morgan fingerprint density at radius 3 is 2.72 bits per heavy atom. The van der Waals surface area contributed by atoms with Crippen molar-refractivity contribution in [3.63, 3.8) is 0 Å². The number of rotatable bonds is 3. The SMILES string of the molecule is Cc1csc(C(C)(C)NC(=O)[C@H]2[C@@H]3CNC[C@@H]32)n1. The van der Waals surface area contributed by atoms with E-state index in [2.05, 4.69) is 15.6 Å². The van der Waals surface area contributed by atoms with E-state index in [0.29, 0.717) is 11.8 Å². The standard InChI is InChI=1S/C13H19N3OS/c1-7-6-18-12(15-7)13(2,3)16-11(17)10-8-4-14-5-9(8)10/h6,8-10,14H,4-5H2,1-3H3,(H,16,17)/t8-,9+,10+. The van der Waals surface area contributed by atoms with Gasteiger partial charge in [-0.15, -0.1) is 11.3 Å². The highest BCUT2D eigenvalue weighted by atomic mass is 32.1. The van der Waals surface area contributed by atoms with Gasteiger partial charge in [0.05, 0.1) is 5.54 Å². The van der Waals surface area contributed by atoms with Crippen LogP contribution in [0.25, 0.3) is 0 Å². The first kappa shape index (κ1) is 12.1. The topological polar surface area (TPSA) is 54.0 Å². The van der Waals surface area contributed by atoms with Gasteiger partial charge in [0.25, 0.3) is 0 Å². The van der Waals surface area contributed by atoms with Crippen molar-refractivity contribution >= 4 is 17.2 Å². The molecule has 1 aliphatic carbocycles. The van der Waals surface area contributed by atoms with Crippen LogP contribution in [0.3, 0.4) is 0 Å². The van der Waals surface area contributed by atoms with E-state index in [9.17, 15) is 4.79 Å². The molecule has 2 aliphatic rings. The summed E-state index contributed by atoms with van der Waals surface area (Å²) in [4.78, 5) is 16.7. The molecule has 1 saturated carbocycles. The highest BCUT2D eigenvalue weighted by molar-refractivity contribution is 7.09. The van der Waals surface area contributed by atoms with Gasteiger partial charge in [0.1, 0.15) is 5.01 Å². The smallest absolute Gasteiger partial charge is 0.224 e. The highest BCUT2D eigenvalue weighted by Crippen LogP contribution is 2.49. The average Bonchev–Trinajstić information content (AvgIpc) is 2.68. The second-order valence-electron chi connectivity index (χ2n) is 5.92. The fourth-order valence-electron chi connectivity index (χ4n) is 2.89. The Hall–Kier alpha value is -0.940. The van der Waals surface area contributed by atoms with Crippen LogP contribution in [0.2, 0.25) is 0 Å². The number of hydrogen-bond acceptors (Lipinski definition) is 4. The van der Waals surface area contributed by atoms with Crippen molar-refractivity contribution in [3.05, 3.63) is 16.1 Å². The minimum Gasteiger partial charge on any atom is -0.344 e. The zero-order valence-corrected chi connectivity index (χ0v) is 11.8. The molecular formula is C13H19N3OS. The van der Waals surface area contributed by atoms with Crippen LogP contribution in [0.1, 0.15) is 24.5 Å². The maximum atomic E-state index is 12.3. The third-order valence-corrected chi connectivity index (χ3v) is 5.27. The van der Waals surface area contributed by atoms with E-state index >= 15 is 0 Å². The van der Waals surface area contributed by atoms with Gasteiger partial charge in [-0.25, -0.2) is 4.98 Å². The lowest BCUT2D eigenvalue weighted by molar-refractivity contribution is -0.124. The van der Waals surface area contributed by atoms with Gasteiger partial charge >= 0.3 is 0 Å². The molecular weight excluding hydrogens is 246 g/mol. The molecule has 2 fully saturated rings. The molecule has 3 rings (SSSR count). The monoisotopic (exact) mass is 265 g/mol. The van der Waals surface area contributed by atoms with Crippen molar-refractivity contribution < 1.29 is 4.79 Å². The highest BCUT2D eigenvalue weighted by Gasteiger charge is 2.57. The fraction of sp³-hybridized carbons (Fsp3) is 0.692. The molecule has 1 aromatic rings. The van der Waals surface area contributed by atoms with Gasteiger partial charge < -0.3 is 10.6 Å². The van der Waals surface area contributed by atoms with Crippen LogP contribution in [0.4, 0.5) is 0 Å². The molecule has 1 amide bonds. The van der Waals surface area contributed by atoms with Crippen molar-refractivity contribution in [1.82, 2.24) is 15.6 Å². The number of aryl methyl sites for hydroxylation is 1. The maximum Gasteiger partial charge on any atom is 0.224 e. The van der Waals surface area contributed by atoms with Gasteiger partial charge in [0, 0.05) is 17.0 Å². The number of thiazole rings is 1. The molecule has 1 aliphatic heterocycles. The van der Waals surface area contributed by atoms with Gasteiger partial charge in [-0.05, 0) is 45.7 Å². The van der Waals surface area contributed by atoms with Crippen LogP contribution in [0, 0.1) is 24.7 Å². The van der Waals surface area contributed by atoms with Gasteiger partial charge in [0.15, 0.2) is 0 Å². The number of nitrogens with zero attached hydrogens (tertiary/aromatic N) is 1. The molecule has 0 radical (unpaired) electrons. The first-order valence-corrected chi connectivity index (χ1v) is 7.32. The number of piperidine rings is 1. The lowest BCUT2D eigenvalue weighted by atomic mass is 10.1. The average molecular weight is 265 g/mol. The van der Waals surface area contributed by atoms with Gasteiger partial charge in [0.2, 0.25) is 5.91 Å². The van der Waals surface area contributed by atoms with Gasteiger partial charge in [-0.1, -0.05) is 0 Å². The number of hydrogen-bond donors (Lipinski definition) is 2. The minimum atomic E-state index is -0.361. The number of amides is 1. The molecule has 0 spiro atoms. The number of fused-ring (bicyclic) bond motifs is 1. The van der Waals surface area contributed by atoms with Gasteiger partial charge in [-0.3, -0.25) is 4.79 Å². The summed E-state index contributed by atoms with van der Waals surface area (Å²) in [7, 11) is 0. The summed E-state index contributed by atoms with van der Waals surface area (Å²) in [6.07, 6.45) is 0. The fourth-order valence-corrected chi connectivity index (χ4v) is 3.77.